The van der Waals surface area contributed by atoms with Crippen LogP contribution in [0.15, 0.2) is 52.3 Å². The highest BCUT2D eigenvalue weighted by Gasteiger charge is 2.35. The molecule has 0 bridgehead atoms. The number of amides is 1. The van der Waals surface area contributed by atoms with E-state index in [1.54, 1.807) is 17.2 Å². The lowest BCUT2D eigenvalue weighted by atomic mass is 10.1. The van der Waals surface area contributed by atoms with E-state index in [-0.39, 0.29) is 17.6 Å². The van der Waals surface area contributed by atoms with Crippen molar-refractivity contribution >= 4 is 51.7 Å². The molecule has 2 fully saturated rings. The summed E-state index contributed by atoms with van der Waals surface area (Å²) in [6.45, 7) is 5.61. The first-order chi connectivity index (χ1) is 16.9. The van der Waals surface area contributed by atoms with Crippen LogP contribution < -0.4 is 10.9 Å². The highest BCUT2D eigenvalue weighted by Crippen LogP contribution is 2.34. The molecular formula is C26H26N4O3S2. The molecule has 0 spiro atoms. The van der Waals surface area contributed by atoms with Gasteiger partial charge in [-0.2, -0.15) is 0 Å². The summed E-state index contributed by atoms with van der Waals surface area (Å²) >= 11 is 6.70. The number of hydrogen-bond donors (Lipinski definition) is 1. The first-order valence-corrected chi connectivity index (χ1v) is 12.8. The third kappa shape index (κ3) is 5.03. The predicted molar refractivity (Wildman–Crippen MR) is 144 cm³/mol. The standard InChI is InChI=1S/C26H26N4O3S2/c1-16-5-8-18(9-6-16)13-27-23-20(24(31)29-14-17(2)7-10-22(29)28-23)12-21-25(32)30(26(34)35-21)15-19-4-3-11-33-19/h5-10,12,14,19,27H,3-4,11,13,15H2,1-2H3/b21-12-. The second-order valence-corrected chi connectivity index (χ2v) is 10.6. The lowest BCUT2D eigenvalue weighted by molar-refractivity contribution is -0.123. The van der Waals surface area contributed by atoms with Gasteiger partial charge in [0.1, 0.15) is 15.8 Å². The SMILES string of the molecule is Cc1ccc(CNc2nc3ccc(C)cn3c(=O)c2/C=C2\SC(=S)N(CC3CCCO3)C2=O)cc1. The molecule has 0 saturated carbocycles. The maximum Gasteiger partial charge on any atom is 0.267 e. The molecule has 7 nitrogen and oxygen atoms in total. The third-order valence-electron chi connectivity index (χ3n) is 6.15. The minimum absolute atomic E-state index is 0.000442. The lowest BCUT2D eigenvalue weighted by Crippen LogP contribution is -2.35. The molecule has 1 amide bonds. The average molecular weight is 507 g/mol. The van der Waals surface area contributed by atoms with Crippen LogP contribution in [0.2, 0.25) is 0 Å². The second kappa shape index (κ2) is 9.93. The van der Waals surface area contributed by atoms with Gasteiger partial charge >= 0.3 is 0 Å². The first-order valence-electron chi connectivity index (χ1n) is 11.6. The number of hydrogen-bond acceptors (Lipinski definition) is 7. The molecule has 1 unspecified atom stereocenters. The number of fused-ring (bicyclic) bond motifs is 1. The van der Waals surface area contributed by atoms with E-state index in [9.17, 15) is 9.59 Å². The van der Waals surface area contributed by atoms with Crippen LogP contribution in [0.3, 0.4) is 0 Å². The van der Waals surface area contributed by atoms with Gasteiger partial charge in [0.15, 0.2) is 0 Å². The number of carbonyl (C=O) groups excluding carboxylic acids is 1. The van der Waals surface area contributed by atoms with Gasteiger partial charge in [-0.05, 0) is 50.0 Å². The third-order valence-corrected chi connectivity index (χ3v) is 7.52. The molecule has 3 aromatic rings. The molecule has 9 heteroatoms. The number of pyridine rings is 1. The van der Waals surface area contributed by atoms with Gasteiger partial charge in [-0.15, -0.1) is 0 Å². The summed E-state index contributed by atoms with van der Waals surface area (Å²) < 4.78 is 7.69. The number of benzene rings is 1. The zero-order chi connectivity index (χ0) is 24.5. The van der Waals surface area contributed by atoms with Crippen molar-refractivity contribution in [2.45, 2.75) is 39.3 Å². The molecule has 0 aliphatic carbocycles. The molecular weight excluding hydrogens is 480 g/mol. The molecule has 2 saturated heterocycles. The fraction of sp³-hybridized carbons (Fsp3) is 0.308. The maximum absolute atomic E-state index is 13.5. The van der Waals surface area contributed by atoms with Crippen LogP contribution in [-0.2, 0) is 16.1 Å². The van der Waals surface area contributed by atoms with Gasteiger partial charge < -0.3 is 10.1 Å². The Morgan fingerprint density at radius 2 is 1.94 bits per heavy atom. The van der Waals surface area contributed by atoms with E-state index in [1.165, 1.54) is 21.7 Å². The van der Waals surface area contributed by atoms with Crippen molar-refractivity contribution < 1.29 is 9.53 Å². The van der Waals surface area contributed by atoms with E-state index in [1.807, 2.05) is 50.2 Å². The van der Waals surface area contributed by atoms with Gasteiger partial charge in [0, 0.05) is 19.3 Å². The van der Waals surface area contributed by atoms with Crippen molar-refractivity contribution in [3.8, 4) is 0 Å². The number of anilines is 1. The normalized spacial score (nSPS) is 19.3. The molecule has 2 aliphatic rings. The summed E-state index contributed by atoms with van der Waals surface area (Å²) in [6, 6.07) is 11.9. The fourth-order valence-electron chi connectivity index (χ4n) is 4.20. The monoisotopic (exact) mass is 506 g/mol. The minimum atomic E-state index is -0.241. The Labute approximate surface area is 213 Å². The van der Waals surface area contributed by atoms with Crippen molar-refractivity contribution in [3.05, 3.63) is 80.1 Å². The van der Waals surface area contributed by atoms with Gasteiger partial charge in [-0.1, -0.05) is 59.9 Å². The Bertz CT molecular complexity index is 1390. The fourth-order valence-corrected chi connectivity index (χ4v) is 5.45. The Morgan fingerprint density at radius 3 is 2.69 bits per heavy atom. The Hall–Kier alpha value is -3.01. The van der Waals surface area contributed by atoms with E-state index in [0.717, 1.165) is 24.0 Å². The largest absolute Gasteiger partial charge is 0.376 e. The topological polar surface area (TPSA) is 75.9 Å². The Morgan fingerprint density at radius 1 is 1.17 bits per heavy atom. The number of nitrogens with zero attached hydrogens (tertiary/aromatic N) is 3. The molecule has 35 heavy (non-hydrogen) atoms. The summed E-state index contributed by atoms with van der Waals surface area (Å²) in [6.07, 6.45) is 5.28. The van der Waals surface area contributed by atoms with Gasteiger partial charge in [0.05, 0.1) is 23.1 Å². The quantitative estimate of drug-likeness (QED) is 0.395. The van der Waals surface area contributed by atoms with Crippen LogP contribution in [-0.4, -0.2) is 43.8 Å². The smallest absolute Gasteiger partial charge is 0.267 e. The van der Waals surface area contributed by atoms with E-state index < -0.39 is 0 Å². The van der Waals surface area contributed by atoms with Crippen molar-refractivity contribution in [2.75, 3.05) is 18.5 Å². The molecule has 180 valence electrons. The van der Waals surface area contributed by atoms with E-state index in [0.29, 0.717) is 46.0 Å². The van der Waals surface area contributed by atoms with Gasteiger partial charge in [0.25, 0.3) is 11.5 Å². The number of rotatable bonds is 6. The molecule has 2 aromatic heterocycles. The molecule has 1 aromatic carbocycles. The highest BCUT2D eigenvalue weighted by molar-refractivity contribution is 8.26. The number of ether oxygens (including phenoxy) is 1. The maximum atomic E-state index is 13.5. The molecule has 0 radical (unpaired) electrons. The molecule has 2 aliphatic heterocycles. The molecule has 5 rings (SSSR count). The van der Waals surface area contributed by atoms with E-state index in [4.69, 9.17) is 21.9 Å². The van der Waals surface area contributed by atoms with Crippen LogP contribution in [0, 0.1) is 13.8 Å². The number of thioether (sulfide) groups is 1. The number of nitrogens with one attached hydrogen (secondary N) is 1. The first kappa shape index (κ1) is 23.7. The van der Waals surface area contributed by atoms with Gasteiger partial charge in [-0.25, -0.2) is 4.98 Å². The Balaban J connectivity index is 1.51. The minimum Gasteiger partial charge on any atom is -0.376 e. The average Bonchev–Trinajstić information content (AvgIpc) is 3.45. The second-order valence-electron chi connectivity index (χ2n) is 8.88. The lowest BCUT2D eigenvalue weighted by Gasteiger charge is -2.18. The number of carbonyl (C=O) groups is 1. The van der Waals surface area contributed by atoms with Crippen molar-refractivity contribution in [3.63, 3.8) is 0 Å². The van der Waals surface area contributed by atoms with Crippen molar-refractivity contribution in [1.29, 1.82) is 0 Å². The summed E-state index contributed by atoms with van der Waals surface area (Å²) in [7, 11) is 0. The van der Waals surface area contributed by atoms with Crippen LogP contribution in [0.1, 0.15) is 35.1 Å². The summed E-state index contributed by atoms with van der Waals surface area (Å²) in [5.41, 5.74) is 3.81. The number of thiocarbonyl (C=S) groups is 1. The van der Waals surface area contributed by atoms with Crippen molar-refractivity contribution in [2.24, 2.45) is 0 Å². The summed E-state index contributed by atoms with van der Waals surface area (Å²) in [5, 5.41) is 3.31. The zero-order valence-corrected chi connectivity index (χ0v) is 21.2. The zero-order valence-electron chi connectivity index (χ0n) is 19.6. The molecule has 1 atom stereocenters. The highest BCUT2D eigenvalue weighted by atomic mass is 32.2. The van der Waals surface area contributed by atoms with Crippen LogP contribution >= 0.6 is 24.0 Å². The molecule has 4 heterocycles. The van der Waals surface area contributed by atoms with Crippen LogP contribution in [0.4, 0.5) is 5.82 Å². The van der Waals surface area contributed by atoms with E-state index in [2.05, 4.69) is 5.32 Å². The van der Waals surface area contributed by atoms with Crippen LogP contribution in [0.25, 0.3) is 11.7 Å². The predicted octanol–water partition coefficient (Wildman–Crippen LogP) is 4.30. The number of aromatic nitrogens is 2. The van der Waals surface area contributed by atoms with Gasteiger partial charge in [-0.3, -0.25) is 18.9 Å². The van der Waals surface area contributed by atoms with Gasteiger partial charge in [0.2, 0.25) is 0 Å². The molecule has 1 N–H and O–H groups in total. The Kier molecular flexibility index (Phi) is 6.73. The summed E-state index contributed by atoms with van der Waals surface area (Å²) in [4.78, 5) is 33.5. The van der Waals surface area contributed by atoms with Crippen molar-refractivity contribution in [1.82, 2.24) is 14.3 Å². The number of aryl methyl sites for hydroxylation is 2. The van der Waals surface area contributed by atoms with E-state index >= 15 is 0 Å². The van der Waals surface area contributed by atoms with Crippen LogP contribution in [0.5, 0.6) is 0 Å². The summed E-state index contributed by atoms with van der Waals surface area (Å²) in [5.74, 6) is 0.234.